The van der Waals surface area contributed by atoms with Gasteiger partial charge in [0.1, 0.15) is 11.6 Å². The van der Waals surface area contributed by atoms with E-state index in [0.717, 1.165) is 42.6 Å². The van der Waals surface area contributed by atoms with Crippen LogP contribution in [0, 0.1) is 0 Å². The maximum absolute atomic E-state index is 12.9. The second kappa shape index (κ2) is 8.30. The molecular formula is C20H27ClN2O3. The Morgan fingerprint density at radius 2 is 1.88 bits per heavy atom. The summed E-state index contributed by atoms with van der Waals surface area (Å²) in [6.45, 7) is 0. The number of carbonyl (C=O) groups excluding carboxylic acids is 2. The SMILES string of the molecule is COc1ccc(C(=O)N(C)C2CCC(NC(=O)CCl)CC2)cc1C1CC1. The van der Waals surface area contributed by atoms with Gasteiger partial charge in [-0.1, -0.05) is 0 Å². The molecule has 2 fully saturated rings. The molecule has 5 nitrogen and oxygen atoms in total. The van der Waals surface area contributed by atoms with Gasteiger partial charge in [-0.2, -0.15) is 0 Å². The van der Waals surface area contributed by atoms with Crippen LogP contribution in [0.1, 0.15) is 60.4 Å². The van der Waals surface area contributed by atoms with E-state index in [0.29, 0.717) is 5.92 Å². The first kappa shape index (κ1) is 19.0. The molecule has 26 heavy (non-hydrogen) atoms. The number of hydrogen-bond donors (Lipinski definition) is 1. The van der Waals surface area contributed by atoms with Gasteiger partial charge in [-0.15, -0.1) is 11.6 Å². The molecule has 0 heterocycles. The Balaban J connectivity index is 1.62. The van der Waals surface area contributed by atoms with E-state index in [4.69, 9.17) is 16.3 Å². The van der Waals surface area contributed by atoms with Crippen LogP contribution in [-0.2, 0) is 4.79 Å². The number of amides is 2. The summed E-state index contributed by atoms with van der Waals surface area (Å²) in [4.78, 5) is 26.2. The van der Waals surface area contributed by atoms with Crippen LogP contribution in [0.2, 0.25) is 0 Å². The molecule has 3 rings (SSSR count). The van der Waals surface area contributed by atoms with Crippen molar-refractivity contribution in [3.63, 3.8) is 0 Å². The molecule has 2 saturated carbocycles. The fraction of sp³-hybridized carbons (Fsp3) is 0.600. The summed E-state index contributed by atoms with van der Waals surface area (Å²) >= 11 is 5.55. The summed E-state index contributed by atoms with van der Waals surface area (Å²) in [6.07, 6.45) is 5.87. The number of rotatable bonds is 6. The van der Waals surface area contributed by atoms with Gasteiger partial charge in [-0.05, 0) is 68.2 Å². The largest absolute Gasteiger partial charge is 0.496 e. The molecule has 1 aromatic rings. The van der Waals surface area contributed by atoms with Gasteiger partial charge in [0, 0.05) is 24.7 Å². The van der Waals surface area contributed by atoms with E-state index < -0.39 is 0 Å². The molecule has 0 unspecified atom stereocenters. The van der Waals surface area contributed by atoms with E-state index in [1.165, 1.54) is 12.8 Å². The topological polar surface area (TPSA) is 58.6 Å². The van der Waals surface area contributed by atoms with Gasteiger partial charge in [0.2, 0.25) is 5.91 Å². The molecule has 0 atom stereocenters. The number of methoxy groups -OCH3 is 1. The van der Waals surface area contributed by atoms with Crippen molar-refractivity contribution >= 4 is 23.4 Å². The normalized spacial score (nSPS) is 22.6. The lowest BCUT2D eigenvalue weighted by molar-refractivity contribution is -0.119. The highest BCUT2D eigenvalue weighted by atomic mass is 35.5. The summed E-state index contributed by atoms with van der Waals surface area (Å²) in [7, 11) is 3.56. The van der Waals surface area contributed by atoms with Gasteiger partial charge in [0.05, 0.1) is 7.11 Å². The molecule has 6 heteroatoms. The minimum Gasteiger partial charge on any atom is -0.496 e. The van der Waals surface area contributed by atoms with Crippen molar-refractivity contribution in [1.29, 1.82) is 0 Å². The van der Waals surface area contributed by atoms with Crippen molar-refractivity contribution in [2.75, 3.05) is 20.0 Å². The van der Waals surface area contributed by atoms with Crippen molar-refractivity contribution < 1.29 is 14.3 Å². The van der Waals surface area contributed by atoms with Gasteiger partial charge >= 0.3 is 0 Å². The highest BCUT2D eigenvalue weighted by Gasteiger charge is 2.30. The number of carbonyl (C=O) groups is 2. The van der Waals surface area contributed by atoms with Crippen molar-refractivity contribution in [2.45, 2.75) is 56.5 Å². The van der Waals surface area contributed by atoms with E-state index in [-0.39, 0.29) is 29.8 Å². The first-order valence-electron chi connectivity index (χ1n) is 9.34. The van der Waals surface area contributed by atoms with Gasteiger partial charge in [0.15, 0.2) is 0 Å². The van der Waals surface area contributed by atoms with Crippen molar-refractivity contribution in [3.8, 4) is 5.75 Å². The molecule has 1 aromatic carbocycles. The summed E-state index contributed by atoms with van der Waals surface area (Å²) in [5.41, 5.74) is 1.88. The first-order valence-corrected chi connectivity index (χ1v) is 9.87. The monoisotopic (exact) mass is 378 g/mol. The van der Waals surface area contributed by atoms with Crippen LogP contribution in [0.3, 0.4) is 0 Å². The Hall–Kier alpha value is -1.75. The lowest BCUT2D eigenvalue weighted by atomic mass is 9.90. The maximum atomic E-state index is 12.9. The van der Waals surface area contributed by atoms with Crippen molar-refractivity contribution in [3.05, 3.63) is 29.3 Å². The number of alkyl halides is 1. The molecule has 0 aromatic heterocycles. The van der Waals surface area contributed by atoms with Gasteiger partial charge in [-0.3, -0.25) is 9.59 Å². The zero-order valence-corrected chi connectivity index (χ0v) is 16.2. The summed E-state index contributed by atoms with van der Waals surface area (Å²) in [5, 5.41) is 2.94. The predicted octanol–water partition coefficient (Wildman–Crippen LogP) is 3.31. The van der Waals surface area contributed by atoms with E-state index in [1.807, 2.05) is 30.1 Å². The molecule has 0 aliphatic heterocycles. The number of hydrogen-bond acceptors (Lipinski definition) is 3. The van der Waals surface area contributed by atoms with Crippen LogP contribution in [-0.4, -0.2) is 48.8 Å². The highest BCUT2D eigenvalue weighted by Crippen LogP contribution is 2.44. The molecule has 2 aliphatic carbocycles. The molecule has 0 radical (unpaired) electrons. The fourth-order valence-corrected chi connectivity index (χ4v) is 3.90. The van der Waals surface area contributed by atoms with Crippen LogP contribution in [0.15, 0.2) is 18.2 Å². The predicted molar refractivity (Wildman–Crippen MR) is 102 cm³/mol. The third-order valence-corrected chi connectivity index (χ3v) is 5.79. The van der Waals surface area contributed by atoms with E-state index in [2.05, 4.69) is 5.32 Å². The lowest BCUT2D eigenvalue weighted by Gasteiger charge is -2.35. The molecule has 142 valence electrons. The van der Waals surface area contributed by atoms with Crippen molar-refractivity contribution in [2.24, 2.45) is 0 Å². The number of benzene rings is 1. The zero-order chi connectivity index (χ0) is 18.7. The molecule has 0 saturated heterocycles. The quantitative estimate of drug-likeness (QED) is 0.772. The van der Waals surface area contributed by atoms with Crippen molar-refractivity contribution in [1.82, 2.24) is 10.2 Å². The Morgan fingerprint density at radius 1 is 1.19 bits per heavy atom. The minimum absolute atomic E-state index is 0.000879. The number of ether oxygens (including phenoxy) is 1. The van der Waals surface area contributed by atoms with Crippen LogP contribution < -0.4 is 10.1 Å². The molecule has 0 spiro atoms. The third kappa shape index (κ3) is 4.32. The van der Waals surface area contributed by atoms with Gasteiger partial charge < -0.3 is 15.0 Å². The Morgan fingerprint density at radius 3 is 2.46 bits per heavy atom. The summed E-state index contributed by atoms with van der Waals surface area (Å²) < 4.78 is 5.44. The number of nitrogens with zero attached hydrogens (tertiary/aromatic N) is 1. The van der Waals surface area contributed by atoms with Crippen LogP contribution in [0.25, 0.3) is 0 Å². The minimum atomic E-state index is -0.120. The standard InChI is InChI=1S/C20H27ClN2O3/c1-23(16-8-6-15(7-9-16)22-19(24)12-21)20(25)14-5-10-18(26-2)17(11-14)13-3-4-13/h5,10-11,13,15-16H,3-4,6-9,12H2,1-2H3,(H,22,24). The highest BCUT2D eigenvalue weighted by molar-refractivity contribution is 6.27. The molecular weight excluding hydrogens is 352 g/mol. The number of halogens is 1. The Kier molecular flexibility index (Phi) is 6.07. The van der Waals surface area contributed by atoms with E-state index >= 15 is 0 Å². The van der Waals surface area contributed by atoms with Crippen LogP contribution in [0.4, 0.5) is 0 Å². The van der Waals surface area contributed by atoms with Gasteiger partial charge in [0.25, 0.3) is 5.91 Å². The Bertz CT molecular complexity index is 667. The van der Waals surface area contributed by atoms with Crippen LogP contribution in [0.5, 0.6) is 5.75 Å². The number of nitrogens with one attached hydrogen (secondary N) is 1. The summed E-state index contributed by atoms with van der Waals surface area (Å²) in [5.74, 6) is 1.35. The van der Waals surface area contributed by atoms with Gasteiger partial charge in [-0.25, -0.2) is 0 Å². The smallest absolute Gasteiger partial charge is 0.253 e. The molecule has 2 aliphatic rings. The lowest BCUT2D eigenvalue weighted by Crippen LogP contribution is -2.44. The van der Waals surface area contributed by atoms with E-state index in [1.54, 1.807) is 7.11 Å². The Labute approximate surface area is 160 Å². The fourth-order valence-electron chi connectivity index (χ4n) is 3.82. The first-order chi connectivity index (χ1) is 12.5. The molecule has 1 N–H and O–H groups in total. The summed E-state index contributed by atoms with van der Waals surface area (Å²) in [6, 6.07) is 6.15. The third-order valence-electron chi connectivity index (χ3n) is 5.55. The zero-order valence-electron chi connectivity index (χ0n) is 15.5. The maximum Gasteiger partial charge on any atom is 0.253 e. The van der Waals surface area contributed by atoms with E-state index in [9.17, 15) is 9.59 Å². The van der Waals surface area contributed by atoms with Crippen LogP contribution >= 0.6 is 11.6 Å². The second-order valence-corrected chi connectivity index (χ2v) is 7.62. The second-order valence-electron chi connectivity index (χ2n) is 7.35. The molecule has 2 amide bonds. The molecule has 0 bridgehead atoms. The average molecular weight is 379 g/mol. The average Bonchev–Trinajstić information content (AvgIpc) is 3.52.